The Hall–Kier alpha value is -3.04. The molecule has 0 spiro atoms. The predicted octanol–water partition coefficient (Wildman–Crippen LogP) is 2.63. The summed E-state index contributed by atoms with van der Waals surface area (Å²) in [6, 6.07) is 10.9. The summed E-state index contributed by atoms with van der Waals surface area (Å²) in [5.41, 5.74) is 1.13. The molecule has 3 aromatic rings. The standard InChI is InChI=1S/C22H24N4O4S/c1-25(2)31(29,30)17-8-6-7-16(14-17)23-21(27)15-10-11-18-19(13-15)24-20-9-4-3-5-12-26(20)22(18)28/h6-8,10-11,13-14H,3-5,9,12H2,1-2H3,(H,23,27). The summed E-state index contributed by atoms with van der Waals surface area (Å²) in [4.78, 5) is 30.4. The van der Waals surface area contributed by atoms with Crippen molar-refractivity contribution in [2.45, 2.75) is 37.1 Å². The van der Waals surface area contributed by atoms with Crippen LogP contribution in [0.2, 0.25) is 0 Å². The maximum absolute atomic E-state index is 12.8. The van der Waals surface area contributed by atoms with Crippen molar-refractivity contribution in [3.8, 4) is 0 Å². The summed E-state index contributed by atoms with van der Waals surface area (Å²) < 4.78 is 27.5. The molecule has 1 aliphatic heterocycles. The first kappa shape index (κ1) is 21.2. The molecule has 0 unspecified atom stereocenters. The van der Waals surface area contributed by atoms with E-state index >= 15 is 0 Å². The lowest BCUT2D eigenvalue weighted by Gasteiger charge is -2.13. The molecule has 0 fully saturated rings. The number of carbonyl (C=O) groups is 1. The van der Waals surface area contributed by atoms with Gasteiger partial charge in [0.05, 0.1) is 15.8 Å². The number of aryl methyl sites for hydroxylation is 1. The van der Waals surface area contributed by atoms with Crippen molar-refractivity contribution < 1.29 is 13.2 Å². The van der Waals surface area contributed by atoms with E-state index in [0.29, 0.717) is 28.7 Å². The van der Waals surface area contributed by atoms with Gasteiger partial charge in [0.25, 0.3) is 11.5 Å². The first-order valence-corrected chi connectivity index (χ1v) is 11.6. The Bertz CT molecular complexity index is 1330. The number of amides is 1. The first-order valence-electron chi connectivity index (χ1n) is 10.1. The summed E-state index contributed by atoms with van der Waals surface area (Å²) >= 11 is 0. The van der Waals surface area contributed by atoms with Crippen molar-refractivity contribution in [2.24, 2.45) is 0 Å². The quantitative estimate of drug-likeness (QED) is 0.672. The van der Waals surface area contributed by atoms with Gasteiger partial charge in [0.1, 0.15) is 5.82 Å². The summed E-state index contributed by atoms with van der Waals surface area (Å²) in [5.74, 6) is 0.354. The highest BCUT2D eigenvalue weighted by atomic mass is 32.2. The van der Waals surface area contributed by atoms with Gasteiger partial charge in [0.15, 0.2) is 0 Å². The minimum atomic E-state index is -3.61. The SMILES string of the molecule is CN(C)S(=O)(=O)c1cccc(NC(=O)c2ccc3c(=O)n4c(nc3c2)CCCCC4)c1. The van der Waals surface area contributed by atoms with Crippen LogP contribution in [0.4, 0.5) is 5.69 Å². The molecular weight excluding hydrogens is 416 g/mol. The smallest absolute Gasteiger partial charge is 0.261 e. The topological polar surface area (TPSA) is 101 Å². The van der Waals surface area contributed by atoms with E-state index in [0.717, 1.165) is 35.8 Å². The number of aromatic nitrogens is 2. The van der Waals surface area contributed by atoms with E-state index in [-0.39, 0.29) is 10.5 Å². The van der Waals surface area contributed by atoms with E-state index in [4.69, 9.17) is 0 Å². The largest absolute Gasteiger partial charge is 0.322 e. The van der Waals surface area contributed by atoms with Crippen molar-refractivity contribution in [3.05, 3.63) is 64.2 Å². The third-order valence-electron chi connectivity index (χ3n) is 5.45. The second kappa shape index (κ2) is 8.24. The van der Waals surface area contributed by atoms with Crippen molar-refractivity contribution in [2.75, 3.05) is 19.4 Å². The van der Waals surface area contributed by atoms with E-state index in [2.05, 4.69) is 10.3 Å². The van der Waals surface area contributed by atoms with Crippen LogP contribution in [0.5, 0.6) is 0 Å². The number of hydrogen-bond acceptors (Lipinski definition) is 5. The molecule has 1 N–H and O–H groups in total. The number of anilines is 1. The number of nitrogens with zero attached hydrogens (tertiary/aromatic N) is 3. The number of hydrogen-bond donors (Lipinski definition) is 1. The van der Waals surface area contributed by atoms with Crippen molar-refractivity contribution >= 4 is 32.5 Å². The molecule has 31 heavy (non-hydrogen) atoms. The molecule has 4 rings (SSSR count). The van der Waals surface area contributed by atoms with Gasteiger partial charge in [-0.1, -0.05) is 12.5 Å². The highest BCUT2D eigenvalue weighted by molar-refractivity contribution is 7.89. The van der Waals surface area contributed by atoms with E-state index < -0.39 is 15.9 Å². The molecule has 0 saturated heterocycles. The maximum Gasteiger partial charge on any atom is 0.261 e. The van der Waals surface area contributed by atoms with Crippen LogP contribution in [0.1, 0.15) is 35.4 Å². The molecular formula is C22H24N4O4S. The average Bonchev–Trinajstić information content (AvgIpc) is 2.99. The van der Waals surface area contributed by atoms with Crippen LogP contribution in [0, 0.1) is 0 Å². The van der Waals surface area contributed by atoms with Crippen LogP contribution in [-0.2, 0) is 23.0 Å². The van der Waals surface area contributed by atoms with Gasteiger partial charge >= 0.3 is 0 Å². The van der Waals surface area contributed by atoms with Gasteiger partial charge in [-0.2, -0.15) is 0 Å². The van der Waals surface area contributed by atoms with Gasteiger partial charge in [0, 0.05) is 38.3 Å². The highest BCUT2D eigenvalue weighted by Crippen LogP contribution is 2.20. The lowest BCUT2D eigenvalue weighted by molar-refractivity contribution is 0.102. The van der Waals surface area contributed by atoms with Gasteiger partial charge in [-0.05, 0) is 49.2 Å². The minimum absolute atomic E-state index is 0.0737. The van der Waals surface area contributed by atoms with Crippen molar-refractivity contribution in [1.82, 2.24) is 13.9 Å². The molecule has 1 aliphatic rings. The van der Waals surface area contributed by atoms with Crippen molar-refractivity contribution in [3.63, 3.8) is 0 Å². The normalized spacial score (nSPS) is 14.3. The Morgan fingerprint density at radius 3 is 2.68 bits per heavy atom. The minimum Gasteiger partial charge on any atom is -0.322 e. The molecule has 162 valence electrons. The number of nitrogens with one attached hydrogen (secondary N) is 1. The molecule has 2 aromatic carbocycles. The van der Waals surface area contributed by atoms with Gasteiger partial charge in [-0.15, -0.1) is 0 Å². The Kier molecular flexibility index (Phi) is 5.63. The fourth-order valence-electron chi connectivity index (χ4n) is 3.71. The number of sulfonamides is 1. The van der Waals surface area contributed by atoms with Crippen molar-refractivity contribution in [1.29, 1.82) is 0 Å². The second-order valence-electron chi connectivity index (χ2n) is 7.80. The van der Waals surface area contributed by atoms with Gasteiger partial charge in [-0.3, -0.25) is 14.2 Å². The monoisotopic (exact) mass is 440 g/mol. The zero-order chi connectivity index (χ0) is 22.2. The van der Waals surface area contributed by atoms with Crippen LogP contribution in [0.25, 0.3) is 10.9 Å². The van der Waals surface area contributed by atoms with E-state index in [9.17, 15) is 18.0 Å². The number of carbonyl (C=O) groups excluding carboxylic acids is 1. The number of fused-ring (bicyclic) bond motifs is 2. The van der Waals surface area contributed by atoms with E-state index in [1.54, 1.807) is 34.9 Å². The van der Waals surface area contributed by atoms with Crippen LogP contribution in [0.3, 0.4) is 0 Å². The highest BCUT2D eigenvalue weighted by Gasteiger charge is 2.19. The fourth-order valence-corrected chi connectivity index (χ4v) is 4.66. The van der Waals surface area contributed by atoms with Crippen LogP contribution < -0.4 is 10.9 Å². The molecule has 0 radical (unpaired) electrons. The van der Waals surface area contributed by atoms with Crippen LogP contribution >= 0.6 is 0 Å². The molecule has 0 atom stereocenters. The van der Waals surface area contributed by atoms with Crippen LogP contribution in [-0.4, -0.2) is 42.3 Å². The summed E-state index contributed by atoms with van der Waals surface area (Å²) in [7, 11) is -0.710. The van der Waals surface area contributed by atoms with Crippen LogP contribution in [0.15, 0.2) is 52.2 Å². The number of rotatable bonds is 4. The van der Waals surface area contributed by atoms with E-state index in [1.165, 1.54) is 26.2 Å². The van der Waals surface area contributed by atoms with Gasteiger partial charge in [-0.25, -0.2) is 17.7 Å². The molecule has 0 saturated carbocycles. The summed E-state index contributed by atoms with van der Waals surface area (Å²) in [5, 5.41) is 3.22. The van der Waals surface area contributed by atoms with Gasteiger partial charge in [0.2, 0.25) is 10.0 Å². The average molecular weight is 441 g/mol. The molecule has 8 nitrogen and oxygen atoms in total. The lowest BCUT2D eigenvalue weighted by atomic mass is 10.1. The number of benzene rings is 2. The summed E-state index contributed by atoms with van der Waals surface area (Å²) in [6.45, 7) is 0.672. The third-order valence-corrected chi connectivity index (χ3v) is 7.26. The maximum atomic E-state index is 12.8. The van der Waals surface area contributed by atoms with Gasteiger partial charge < -0.3 is 5.32 Å². The van der Waals surface area contributed by atoms with E-state index in [1.807, 2.05) is 0 Å². The molecule has 1 aromatic heterocycles. The Balaban J connectivity index is 1.65. The first-order chi connectivity index (χ1) is 14.8. The molecule has 1 amide bonds. The lowest BCUT2D eigenvalue weighted by Crippen LogP contribution is -2.24. The predicted molar refractivity (Wildman–Crippen MR) is 119 cm³/mol. The zero-order valence-corrected chi connectivity index (χ0v) is 18.3. The Morgan fingerprint density at radius 1 is 1.10 bits per heavy atom. The second-order valence-corrected chi connectivity index (χ2v) is 9.95. The third kappa shape index (κ3) is 4.11. The fraction of sp³-hybridized carbons (Fsp3) is 0.318. The Morgan fingerprint density at radius 2 is 1.90 bits per heavy atom. The Labute approximate surface area is 180 Å². The molecule has 9 heteroatoms. The zero-order valence-electron chi connectivity index (χ0n) is 17.5. The summed E-state index contributed by atoms with van der Waals surface area (Å²) in [6.07, 6.45) is 3.76. The molecule has 0 bridgehead atoms. The molecule has 2 heterocycles. The molecule has 0 aliphatic carbocycles.